The van der Waals surface area contributed by atoms with Gasteiger partial charge in [0.15, 0.2) is 0 Å². The van der Waals surface area contributed by atoms with Gasteiger partial charge in [0.1, 0.15) is 0 Å². The summed E-state index contributed by atoms with van der Waals surface area (Å²) in [6, 6.07) is 48.0. The SMILES string of the molecule is Cc1ccc(-c2c(-c3ccccc3)c(-c3ccccc3)c3c(N)cc4c5ccccc5c(N)cc4c3c2-c2ccc(C)c(C)c2)cc1C. The lowest BCUT2D eigenvalue weighted by atomic mass is 9.76. The molecule has 4 N–H and O–H groups in total. The highest BCUT2D eigenvalue weighted by molar-refractivity contribution is 6.32. The number of fused-ring (bicyclic) bond motifs is 5. The third-order valence-electron chi connectivity index (χ3n) is 10.2. The number of aryl methyl sites for hydroxylation is 4. The highest BCUT2D eigenvalue weighted by Gasteiger charge is 2.27. The Morgan fingerprint density at radius 2 is 0.771 bits per heavy atom. The van der Waals surface area contributed by atoms with Gasteiger partial charge in [-0.2, -0.15) is 0 Å². The molecule has 0 spiro atoms. The third kappa shape index (κ3) is 4.64. The monoisotopic (exact) mass is 618 g/mol. The molecule has 48 heavy (non-hydrogen) atoms. The largest absolute Gasteiger partial charge is 0.398 e. The zero-order chi connectivity index (χ0) is 33.1. The summed E-state index contributed by atoms with van der Waals surface area (Å²) in [6.45, 7) is 8.76. The molecule has 0 radical (unpaired) electrons. The van der Waals surface area contributed by atoms with Crippen molar-refractivity contribution in [1.29, 1.82) is 0 Å². The Hall–Kier alpha value is -5.86. The van der Waals surface area contributed by atoms with Crippen molar-refractivity contribution >= 4 is 43.7 Å². The number of nitrogen functional groups attached to an aromatic ring is 2. The van der Waals surface area contributed by atoms with E-state index in [2.05, 4.69) is 155 Å². The molecular formula is C46H38N2. The van der Waals surface area contributed by atoms with Gasteiger partial charge in [-0.25, -0.2) is 0 Å². The van der Waals surface area contributed by atoms with Gasteiger partial charge in [0.25, 0.3) is 0 Å². The second-order valence-corrected chi connectivity index (χ2v) is 13.2. The first kappa shape index (κ1) is 29.5. The van der Waals surface area contributed by atoms with Crippen LogP contribution in [0.15, 0.2) is 133 Å². The molecule has 0 aromatic heterocycles. The molecule has 0 saturated carbocycles. The fourth-order valence-corrected chi connectivity index (χ4v) is 7.48. The number of hydrogen-bond donors (Lipinski definition) is 2. The van der Waals surface area contributed by atoms with Gasteiger partial charge < -0.3 is 11.5 Å². The lowest BCUT2D eigenvalue weighted by molar-refractivity contribution is 1.34. The van der Waals surface area contributed by atoms with Crippen molar-refractivity contribution in [3.8, 4) is 44.5 Å². The molecule has 8 aromatic carbocycles. The molecule has 0 fully saturated rings. The molecule has 0 aliphatic rings. The number of benzene rings is 8. The summed E-state index contributed by atoms with van der Waals surface area (Å²) in [5, 5.41) is 6.52. The molecule has 8 aromatic rings. The second kappa shape index (κ2) is 11.4. The van der Waals surface area contributed by atoms with E-state index in [0.29, 0.717) is 0 Å². The van der Waals surface area contributed by atoms with E-state index in [1.807, 2.05) is 6.07 Å². The average molecular weight is 619 g/mol. The van der Waals surface area contributed by atoms with Crippen LogP contribution in [0.5, 0.6) is 0 Å². The predicted molar refractivity (Wildman–Crippen MR) is 208 cm³/mol. The van der Waals surface area contributed by atoms with E-state index in [-0.39, 0.29) is 0 Å². The van der Waals surface area contributed by atoms with Crippen LogP contribution in [0, 0.1) is 27.7 Å². The van der Waals surface area contributed by atoms with E-state index >= 15 is 0 Å². The van der Waals surface area contributed by atoms with Crippen molar-refractivity contribution in [2.24, 2.45) is 0 Å². The Balaban J connectivity index is 1.75. The smallest absolute Gasteiger partial charge is 0.0407 e. The summed E-state index contributed by atoms with van der Waals surface area (Å²) in [5.74, 6) is 0. The van der Waals surface area contributed by atoms with Crippen LogP contribution in [-0.2, 0) is 0 Å². The molecule has 0 amide bonds. The van der Waals surface area contributed by atoms with Gasteiger partial charge in [0.2, 0.25) is 0 Å². The molecule has 0 heterocycles. The van der Waals surface area contributed by atoms with Gasteiger partial charge in [-0.1, -0.05) is 121 Å². The minimum atomic E-state index is 0.750. The molecule has 0 saturated heterocycles. The molecule has 8 rings (SSSR count). The standard InChI is InChI=1S/C46H38N2/c1-27-19-21-33(23-29(27)3)43-41(31-13-7-5-8-14-31)42(32-15-9-6-10-16-32)46-40(48)25-37-35-17-11-12-18-36(35)39(47)26-38(37)45(46)44(43)34-22-20-28(2)30(4)24-34/h5-26H,47-48H2,1-4H3. The molecule has 0 aliphatic heterocycles. The maximum absolute atomic E-state index is 7.34. The average Bonchev–Trinajstić information content (AvgIpc) is 3.11. The van der Waals surface area contributed by atoms with Crippen molar-refractivity contribution in [2.75, 3.05) is 11.5 Å². The van der Waals surface area contributed by atoms with Crippen molar-refractivity contribution in [3.63, 3.8) is 0 Å². The van der Waals surface area contributed by atoms with Crippen LogP contribution in [0.3, 0.4) is 0 Å². The maximum Gasteiger partial charge on any atom is 0.0407 e. The minimum absolute atomic E-state index is 0.750. The van der Waals surface area contributed by atoms with Crippen LogP contribution in [-0.4, -0.2) is 0 Å². The summed E-state index contributed by atoms with van der Waals surface area (Å²) in [4.78, 5) is 0. The fraction of sp³-hybridized carbons (Fsp3) is 0.0870. The molecule has 232 valence electrons. The number of nitrogens with two attached hydrogens (primary N) is 2. The number of hydrogen-bond acceptors (Lipinski definition) is 2. The van der Waals surface area contributed by atoms with Gasteiger partial charge in [0, 0.05) is 33.1 Å². The lowest BCUT2D eigenvalue weighted by Gasteiger charge is -2.27. The Morgan fingerprint density at radius 1 is 0.312 bits per heavy atom. The molecule has 2 nitrogen and oxygen atoms in total. The zero-order valence-electron chi connectivity index (χ0n) is 27.9. The van der Waals surface area contributed by atoms with E-state index in [0.717, 1.165) is 65.9 Å². The summed E-state index contributed by atoms with van der Waals surface area (Å²) in [7, 11) is 0. The van der Waals surface area contributed by atoms with Crippen LogP contribution in [0.2, 0.25) is 0 Å². The summed E-state index contributed by atoms with van der Waals surface area (Å²) < 4.78 is 0. The van der Waals surface area contributed by atoms with Crippen LogP contribution < -0.4 is 11.5 Å². The quantitative estimate of drug-likeness (QED) is 0.152. The summed E-state index contributed by atoms with van der Waals surface area (Å²) in [6.07, 6.45) is 0. The molecule has 0 bridgehead atoms. The molecule has 2 heteroatoms. The minimum Gasteiger partial charge on any atom is -0.398 e. The molecule has 0 atom stereocenters. The van der Waals surface area contributed by atoms with E-state index in [4.69, 9.17) is 11.5 Å². The van der Waals surface area contributed by atoms with Crippen molar-refractivity contribution < 1.29 is 0 Å². The van der Waals surface area contributed by atoms with Crippen molar-refractivity contribution in [3.05, 3.63) is 156 Å². The van der Waals surface area contributed by atoms with E-state index < -0.39 is 0 Å². The van der Waals surface area contributed by atoms with E-state index in [1.165, 1.54) is 44.5 Å². The van der Waals surface area contributed by atoms with Gasteiger partial charge >= 0.3 is 0 Å². The van der Waals surface area contributed by atoms with Gasteiger partial charge in [-0.15, -0.1) is 0 Å². The van der Waals surface area contributed by atoms with Gasteiger partial charge in [-0.05, 0) is 117 Å². The van der Waals surface area contributed by atoms with Crippen molar-refractivity contribution in [1.82, 2.24) is 0 Å². The van der Waals surface area contributed by atoms with Gasteiger partial charge in [-0.3, -0.25) is 0 Å². The first-order valence-electron chi connectivity index (χ1n) is 16.6. The first-order chi connectivity index (χ1) is 23.3. The van der Waals surface area contributed by atoms with Gasteiger partial charge in [0.05, 0.1) is 0 Å². The predicted octanol–water partition coefficient (Wildman–Crippen LogP) is 12.2. The van der Waals surface area contributed by atoms with Crippen LogP contribution >= 0.6 is 0 Å². The highest BCUT2D eigenvalue weighted by Crippen LogP contribution is 2.54. The summed E-state index contributed by atoms with van der Waals surface area (Å²) in [5.41, 5.74) is 30.1. The van der Waals surface area contributed by atoms with Crippen LogP contribution in [0.25, 0.3) is 76.8 Å². The Labute approximate surface area is 282 Å². The van der Waals surface area contributed by atoms with Crippen LogP contribution in [0.1, 0.15) is 22.3 Å². The van der Waals surface area contributed by atoms with Crippen LogP contribution in [0.4, 0.5) is 11.4 Å². The molecule has 0 aliphatic carbocycles. The van der Waals surface area contributed by atoms with E-state index in [9.17, 15) is 0 Å². The maximum atomic E-state index is 7.34. The highest BCUT2D eigenvalue weighted by atomic mass is 14.6. The molecular weight excluding hydrogens is 581 g/mol. The number of rotatable bonds is 4. The number of anilines is 2. The Morgan fingerprint density at radius 3 is 1.35 bits per heavy atom. The summed E-state index contributed by atoms with van der Waals surface area (Å²) >= 11 is 0. The molecule has 0 unspecified atom stereocenters. The Bertz CT molecular complexity index is 2540. The topological polar surface area (TPSA) is 52.0 Å². The van der Waals surface area contributed by atoms with Crippen molar-refractivity contribution in [2.45, 2.75) is 27.7 Å². The van der Waals surface area contributed by atoms with E-state index in [1.54, 1.807) is 0 Å². The fourth-order valence-electron chi connectivity index (χ4n) is 7.48. The Kier molecular flexibility index (Phi) is 7.04. The third-order valence-corrected chi connectivity index (χ3v) is 10.2. The zero-order valence-corrected chi connectivity index (χ0v) is 27.9. The lowest BCUT2D eigenvalue weighted by Crippen LogP contribution is -2.02. The normalized spacial score (nSPS) is 11.5. The first-order valence-corrected chi connectivity index (χ1v) is 16.6. The second-order valence-electron chi connectivity index (χ2n) is 13.2.